The number of nitriles is 1. The summed E-state index contributed by atoms with van der Waals surface area (Å²) < 4.78 is 0. The number of nitrogen functional groups attached to an aromatic ring is 1. The molecule has 130 valence electrons. The molecule has 0 unspecified atom stereocenters. The molecule has 2 aromatic rings. The van der Waals surface area contributed by atoms with Crippen LogP contribution >= 0.6 is 11.8 Å². The van der Waals surface area contributed by atoms with Gasteiger partial charge in [0.15, 0.2) is 10.9 Å². The standard InChI is InChI=1S/C19H22N4OS/c1-11(2)13-5-6-15(16(7-13)12(3)4)17(24)10-25-19-22-9-14(8-20)18(21)23-19/h5-7,9,11-12H,10H2,1-4H3,(H2,21,22,23). The Hall–Kier alpha value is -2.39. The fourth-order valence-corrected chi connectivity index (χ4v) is 3.12. The molecular weight excluding hydrogens is 332 g/mol. The molecule has 0 saturated carbocycles. The number of anilines is 1. The summed E-state index contributed by atoms with van der Waals surface area (Å²) in [6.45, 7) is 8.47. The van der Waals surface area contributed by atoms with Gasteiger partial charge in [-0.05, 0) is 23.0 Å². The van der Waals surface area contributed by atoms with E-state index >= 15 is 0 Å². The van der Waals surface area contributed by atoms with Crippen LogP contribution < -0.4 is 5.73 Å². The Morgan fingerprint density at radius 1 is 1.28 bits per heavy atom. The maximum absolute atomic E-state index is 12.7. The molecule has 0 bridgehead atoms. The third kappa shape index (κ3) is 4.58. The van der Waals surface area contributed by atoms with Crippen LogP contribution in [0.1, 0.15) is 66.6 Å². The van der Waals surface area contributed by atoms with Gasteiger partial charge in [-0.15, -0.1) is 0 Å². The molecule has 0 aliphatic carbocycles. The summed E-state index contributed by atoms with van der Waals surface area (Å²) in [5, 5.41) is 9.25. The molecule has 0 fully saturated rings. The SMILES string of the molecule is CC(C)c1ccc(C(=O)CSc2ncc(C#N)c(N)n2)c(C(C)C)c1. The minimum atomic E-state index is 0.0375. The number of nitrogens with two attached hydrogens (primary N) is 1. The van der Waals surface area contributed by atoms with E-state index in [-0.39, 0.29) is 28.8 Å². The van der Waals surface area contributed by atoms with Crippen LogP contribution in [0.2, 0.25) is 0 Å². The average molecular weight is 354 g/mol. The van der Waals surface area contributed by atoms with Gasteiger partial charge in [0, 0.05) is 5.56 Å². The van der Waals surface area contributed by atoms with Crippen LogP contribution in [0.4, 0.5) is 5.82 Å². The van der Waals surface area contributed by atoms with Crippen LogP contribution in [-0.4, -0.2) is 21.5 Å². The normalized spacial score (nSPS) is 10.9. The zero-order valence-electron chi connectivity index (χ0n) is 14.9. The van der Waals surface area contributed by atoms with E-state index in [0.29, 0.717) is 11.1 Å². The molecule has 0 spiro atoms. The lowest BCUT2D eigenvalue weighted by Crippen LogP contribution is -2.09. The highest BCUT2D eigenvalue weighted by Gasteiger charge is 2.16. The summed E-state index contributed by atoms with van der Waals surface area (Å²) in [7, 11) is 0. The molecule has 5 nitrogen and oxygen atoms in total. The van der Waals surface area contributed by atoms with Gasteiger partial charge in [0.25, 0.3) is 0 Å². The number of hydrogen-bond donors (Lipinski definition) is 1. The Morgan fingerprint density at radius 3 is 2.56 bits per heavy atom. The van der Waals surface area contributed by atoms with E-state index in [2.05, 4.69) is 43.7 Å². The van der Waals surface area contributed by atoms with Crippen LogP contribution in [0.15, 0.2) is 29.6 Å². The van der Waals surface area contributed by atoms with Crippen molar-refractivity contribution in [2.75, 3.05) is 11.5 Å². The van der Waals surface area contributed by atoms with E-state index in [4.69, 9.17) is 11.0 Å². The largest absolute Gasteiger partial charge is 0.382 e. The molecule has 0 aliphatic rings. The Kier molecular flexibility index (Phi) is 6.16. The van der Waals surface area contributed by atoms with Crippen molar-refractivity contribution in [3.05, 3.63) is 46.6 Å². The van der Waals surface area contributed by atoms with Crippen molar-refractivity contribution in [3.8, 4) is 6.07 Å². The van der Waals surface area contributed by atoms with Crippen molar-refractivity contribution in [1.82, 2.24) is 9.97 Å². The summed E-state index contributed by atoms with van der Waals surface area (Å²) in [6.07, 6.45) is 1.38. The number of benzene rings is 1. The molecule has 0 atom stereocenters. The lowest BCUT2D eigenvalue weighted by Gasteiger charge is -2.15. The van der Waals surface area contributed by atoms with E-state index in [1.807, 2.05) is 18.2 Å². The Balaban J connectivity index is 2.18. The van der Waals surface area contributed by atoms with Gasteiger partial charge in [-0.3, -0.25) is 4.79 Å². The Bertz CT molecular complexity index is 825. The fraction of sp³-hybridized carbons (Fsp3) is 0.368. The van der Waals surface area contributed by atoms with Crippen molar-refractivity contribution in [2.24, 2.45) is 0 Å². The third-order valence-electron chi connectivity index (χ3n) is 3.91. The second kappa shape index (κ2) is 8.13. The summed E-state index contributed by atoms with van der Waals surface area (Å²) in [5.41, 5.74) is 8.97. The second-order valence-corrected chi connectivity index (χ2v) is 7.37. The Morgan fingerprint density at radius 2 is 2.00 bits per heavy atom. The predicted octanol–water partition coefficient (Wildman–Crippen LogP) is 4.15. The first kappa shape index (κ1) is 18.9. The zero-order chi connectivity index (χ0) is 18.6. The van der Waals surface area contributed by atoms with Crippen LogP contribution in [0.25, 0.3) is 0 Å². The summed E-state index contributed by atoms with van der Waals surface area (Å²) in [5.74, 6) is 1.09. The fourth-order valence-electron chi connectivity index (χ4n) is 2.41. The molecule has 0 aliphatic heterocycles. The maximum Gasteiger partial charge on any atom is 0.189 e. The quantitative estimate of drug-likeness (QED) is 0.476. The van der Waals surface area contributed by atoms with Crippen LogP contribution in [-0.2, 0) is 0 Å². The van der Waals surface area contributed by atoms with Crippen molar-refractivity contribution in [3.63, 3.8) is 0 Å². The zero-order valence-corrected chi connectivity index (χ0v) is 15.7. The predicted molar refractivity (Wildman–Crippen MR) is 101 cm³/mol. The second-order valence-electron chi connectivity index (χ2n) is 6.43. The van der Waals surface area contributed by atoms with E-state index in [1.54, 1.807) is 0 Å². The molecule has 0 amide bonds. The van der Waals surface area contributed by atoms with E-state index in [9.17, 15) is 4.79 Å². The van der Waals surface area contributed by atoms with Gasteiger partial charge in [-0.2, -0.15) is 5.26 Å². The van der Waals surface area contributed by atoms with Gasteiger partial charge in [0.1, 0.15) is 17.5 Å². The lowest BCUT2D eigenvalue weighted by atomic mass is 9.90. The van der Waals surface area contributed by atoms with Gasteiger partial charge < -0.3 is 5.73 Å². The van der Waals surface area contributed by atoms with Crippen molar-refractivity contribution >= 4 is 23.4 Å². The summed E-state index contributed by atoms with van der Waals surface area (Å²) in [6, 6.07) is 7.99. The Labute approximate surface area is 152 Å². The first-order valence-electron chi connectivity index (χ1n) is 8.16. The number of aromatic nitrogens is 2. The monoisotopic (exact) mass is 354 g/mol. The van der Waals surface area contributed by atoms with E-state index in [1.165, 1.54) is 23.5 Å². The smallest absolute Gasteiger partial charge is 0.189 e. The van der Waals surface area contributed by atoms with Crippen molar-refractivity contribution in [1.29, 1.82) is 5.26 Å². The minimum Gasteiger partial charge on any atom is -0.382 e. The molecule has 0 saturated heterocycles. The molecule has 2 rings (SSSR count). The number of hydrogen-bond acceptors (Lipinski definition) is 6. The lowest BCUT2D eigenvalue weighted by molar-refractivity contribution is 0.102. The molecule has 6 heteroatoms. The molecule has 25 heavy (non-hydrogen) atoms. The highest BCUT2D eigenvalue weighted by molar-refractivity contribution is 7.99. The molecule has 2 N–H and O–H groups in total. The van der Waals surface area contributed by atoms with E-state index in [0.717, 1.165) is 11.1 Å². The topological polar surface area (TPSA) is 92.7 Å². The van der Waals surface area contributed by atoms with Gasteiger partial charge >= 0.3 is 0 Å². The average Bonchev–Trinajstić information content (AvgIpc) is 2.59. The minimum absolute atomic E-state index is 0.0375. The van der Waals surface area contributed by atoms with E-state index < -0.39 is 0 Å². The van der Waals surface area contributed by atoms with Crippen LogP contribution in [0.3, 0.4) is 0 Å². The van der Waals surface area contributed by atoms with Gasteiger partial charge in [0.2, 0.25) is 0 Å². The highest BCUT2D eigenvalue weighted by atomic mass is 32.2. The van der Waals surface area contributed by atoms with Crippen molar-refractivity contribution in [2.45, 2.75) is 44.7 Å². The molecular formula is C19H22N4OS. The molecule has 1 aromatic heterocycles. The number of rotatable bonds is 6. The highest BCUT2D eigenvalue weighted by Crippen LogP contribution is 2.27. The van der Waals surface area contributed by atoms with Gasteiger partial charge in [-0.25, -0.2) is 9.97 Å². The number of thioether (sulfide) groups is 1. The molecule has 1 heterocycles. The third-order valence-corrected chi connectivity index (χ3v) is 4.78. The van der Waals surface area contributed by atoms with Gasteiger partial charge in [0.05, 0.1) is 11.9 Å². The summed E-state index contributed by atoms with van der Waals surface area (Å²) >= 11 is 1.23. The van der Waals surface area contributed by atoms with Crippen LogP contribution in [0, 0.1) is 11.3 Å². The van der Waals surface area contributed by atoms with Gasteiger partial charge in [-0.1, -0.05) is 57.7 Å². The molecule has 1 aromatic carbocycles. The number of carbonyl (C=O) groups is 1. The summed E-state index contributed by atoms with van der Waals surface area (Å²) in [4.78, 5) is 20.8. The first-order chi connectivity index (χ1) is 11.8. The van der Waals surface area contributed by atoms with Crippen LogP contribution in [0.5, 0.6) is 0 Å². The first-order valence-corrected chi connectivity index (χ1v) is 9.14. The molecule has 0 radical (unpaired) electrons. The van der Waals surface area contributed by atoms with Crippen molar-refractivity contribution < 1.29 is 4.79 Å². The number of nitrogens with zero attached hydrogens (tertiary/aromatic N) is 3. The maximum atomic E-state index is 12.7. The number of ketones is 1. The number of Topliss-reactive ketones (excluding diaryl/α,β-unsaturated/α-hetero) is 1. The number of carbonyl (C=O) groups excluding carboxylic acids is 1.